The number of hydrogen-bond donors (Lipinski definition) is 1. The van der Waals surface area contributed by atoms with Crippen molar-refractivity contribution in [3.8, 4) is 22.1 Å². The number of carbonyl (C=O) groups is 1. The van der Waals surface area contributed by atoms with Crippen LogP contribution in [0.25, 0.3) is 20.8 Å². The number of nitrogens with zero attached hydrogens (tertiary/aromatic N) is 2. The van der Waals surface area contributed by atoms with Crippen molar-refractivity contribution < 1.29 is 18.7 Å². The molecule has 3 heterocycles. The van der Waals surface area contributed by atoms with Gasteiger partial charge in [-0.2, -0.15) is 0 Å². The van der Waals surface area contributed by atoms with E-state index in [1.807, 2.05) is 24.4 Å². The Morgan fingerprint density at radius 3 is 2.67 bits per heavy atom. The topological polar surface area (TPSA) is 73.3 Å². The van der Waals surface area contributed by atoms with E-state index in [-0.39, 0.29) is 18.0 Å². The summed E-state index contributed by atoms with van der Waals surface area (Å²) in [7, 11) is 1.68. The number of ether oxygens (including phenoxy) is 2. The van der Waals surface area contributed by atoms with Crippen molar-refractivity contribution >= 4 is 27.3 Å². The molecule has 4 rings (SSSR count). The van der Waals surface area contributed by atoms with Gasteiger partial charge < -0.3 is 14.8 Å². The first kappa shape index (κ1) is 23.0. The molecule has 1 N–H and O–H groups in total. The maximum absolute atomic E-state index is 14.6. The molecule has 3 aromatic heterocycles. The first-order valence-corrected chi connectivity index (χ1v) is 11.3. The van der Waals surface area contributed by atoms with Gasteiger partial charge >= 0.3 is 0 Å². The molecular weight excluding hydrogens is 441 g/mol. The van der Waals surface area contributed by atoms with Gasteiger partial charge in [0.05, 0.1) is 27.4 Å². The van der Waals surface area contributed by atoms with Crippen LogP contribution in [0.1, 0.15) is 18.1 Å². The largest absolute Gasteiger partial charge is 0.453 e. The fourth-order valence-electron chi connectivity index (χ4n) is 3.35. The maximum Gasteiger partial charge on any atom is 0.166 e. The number of halogens is 1. The first-order chi connectivity index (χ1) is 16.0. The number of rotatable bonds is 10. The molecule has 0 aliphatic rings. The molecule has 0 unspecified atom stereocenters. The summed E-state index contributed by atoms with van der Waals surface area (Å²) in [5, 5.41) is 3.29. The van der Waals surface area contributed by atoms with Crippen molar-refractivity contribution in [2.24, 2.45) is 0 Å². The second-order valence-corrected chi connectivity index (χ2v) is 8.65. The highest BCUT2D eigenvalue weighted by atomic mass is 32.1. The van der Waals surface area contributed by atoms with Crippen molar-refractivity contribution in [2.45, 2.75) is 19.9 Å². The van der Waals surface area contributed by atoms with Gasteiger partial charge in [0.2, 0.25) is 0 Å². The standard InChI is InChI=1S/C25H24FN3O3S/c1-16(30)11-17-4-6-22(19(26)12-17)32-23-7-8-28-21-13-24(33-25(21)23)20-5-3-18(15-29-20)14-27-9-10-31-2/h3-8,12-13,15,27H,9-11,14H2,1-2H3. The van der Waals surface area contributed by atoms with E-state index in [1.165, 1.54) is 24.3 Å². The molecule has 0 fully saturated rings. The van der Waals surface area contributed by atoms with Crippen LogP contribution in [0.5, 0.6) is 11.5 Å². The second kappa shape index (κ2) is 10.6. The summed E-state index contributed by atoms with van der Waals surface area (Å²) in [6.45, 7) is 3.65. The Hall–Kier alpha value is -3.20. The van der Waals surface area contributed by atoms with E-state index in [4.69, 9.17) is 9.47 Å². The lowest BCUT2D eigenvalue weighted by atomic mass is 10.1. The van der Waals surface area contributed by atoms with E-state index >= 15 is 0 Å². The third kappa shape index (κ3) is 5.78. The fraction of sp³-hybridized carbons (Fsp3) is 0.240. The Balaban J connectivity index is 1.53. The zero-order valence-corrected chi connectivity index (χ0v) is 19.2. The van der Waals surface area contributed by atoms with E-state index in [0.717, 1.165) is 39.4 Å². The summed E-state index contributed by atoms with van der Waals surface area (Å²) in [6, 6.07) is 12.3. The minimum absolute atomic E-state index is 0.0194. The molecule has 8 heteroatoms. The Labute approximate surface area is 195 Å². The van der Waals surface area contributed by atoms with Crippen LogP contribution in [0.15, 0.2) is 54.9 Å². The highest BCUT2D eigenvalue weighted by Crippen LogP contribution is 2.39. The third-order valence-corrected chi connectivity index (χ3v) is 6.10. The smallest absolute Gasteiger partial charge is 0.166 e. The Kier molecular flexibility index (Phi) is 7.39. The summed E-state index contributed by atoms with van der Waals surface area (Å²) in [5.74, 6) is 0.0995. The van der Waals surface area contributed by atoms with Crippen molar-refractivity contribution in [3.05, 3.63) is 71.8 Å². The zero-order valence-electron chi connectivity index (χ0n) is 18.4. The minimum Gasteiger partial charge on any atom is -0.453 e. The number of thiophene rings is 1. The first-order valence-electron chi connectivity index (χ1n) is 10.5. The number of ketones is 1. The summed E-state index contributed by atoms with van der Waals surface area (Å²) >= 11 is 1.49. The number of methoxy groups -OCH3 is 1. The molecule has 0 amide bonds. The average molecular weight is 466 g/mol. The number of carbonyl (C=O) groups excluding carboxylic acids is 1. The fourth-order valence-corrected chi connectivity index (χ4v) is 4.39. The molecule has 1 aromatic carbocycles. The van der Waals surface area contributed by atoms with Gasteiger partial charge in [0, 0.05) is 45.1 Å². The number of hydrogen-bond acceptors (Lipinski definition) is 7. The van der Waals surface area contributed by atoms with Gasteiger partial charge in [-0.15, -0.1) is 11.3 Å². The van der Waals surface area contributed by atoms with E-state index in [1.54, 1.807) is 31.5 Å². The molecule has 0 saturated heterocycles. The van der Waals surface area contributed by atoms with Crippen LogP contribution in [0.2, 0.25) is 0 Å². The minimum atomic E-state index is -0.508. The molecule has 6 nitrogen and oxygen atoms in total. The molecule has 170 valence electrons. The van der Waals surface area contributed by atoms with E-state index in [0.29, 0.717) is 17.9 Å². The highest BCUT2D eigenvalue weighted by Gasteiger charge is 2.14. The van der Waals surface area contributed by atoms with E-state index < -0.39 is 5.82 Å². The number of fused-ring (bicyclic) bond motifs is 1. The molecular formula is C25H24FN3O3S. The quantitative estimate of drug-likeness (QED) is 0.326. The molecule has 0 atom stereocenters. The molecule has 0 aliphatic heterocycles. The lowest BCUT2D eigenvalue weighted by molar-refractivity contribution is -0.116. The van der Waals surface area contributed by atoms with Crippen LogP contribution >= 0.6 is 11.3 Å². The van der Waals surface area contributed by atoms with Gasteiger partial charge in [-0.3, -0.25) is 14.8 Å². The normalized spacial score (nSPS) is 11.1. The van der Waals surface area contributed by atoms with Gasteiger partial charge in [0.25, 0.3) is 0 Å². The van der Waals surface area contributed by atoms with Gasteiger partial charge in [0.1, 0.15) is 11.5 Å². The highest BCUT2D eigenvalue weighted by molar-refractivity contribution is 7.22. The Bertz CT molecular complexity index is 1260. The van der Waals surface area contributed by atoms with Crippen LogP contribution < -0.4 is 10.1 Å². The van der Waals surface area contributed by atoms with Gasteiger partial charge in [-0.1, -0.05) is 12.1 Å². The monoisotopic (exact) mass is 465 g/mol. The predicted octanol–water partition coefficient (Wildman–Crippen LogP) is 5.16. The lowest BCUT2D eigenvalue weighted by Gasteiger charge is -2.08. The van der Waals surface area contributed by atoms with Crippen LogP contribution in [0, 0.1) is 5.82 Å². The lowest BCUT2D eigenvalue weighted by Crippen LogP contribution is -2.18. The molecule has 4 aromatic rings. The van der Waals surface area contributed by atoms with E-state index in [9.17, 15) is 9.18 Å². The van der Waals surface area contributed by atoms with Crippen molar-refractivity contribution in [1.82, 2.24) is 15.3 Å². The SMILES string of the molecule is COCCNCc1ccc(-c2cc3nccc(Oc4ccc(CC(C)=O)cc4F)c3s2)nc1. The molecule has 0 spiro atoms. The van der Waals surface area contributed by atoms with Crippen LogP contribution in [-0.4, -0.2) is 36.0 Å². The maximum atomic E-state index is 14.6. The van der Waals surface area contributed by atoms with Gasteiger partial charge in [-0.25, -0.2) is 4.39 Å². The number of benzene rings is 1. The summed E-state index contributed by atoms with van der Waals surface area (Å²) < 4.78 is 26.3. The van der Waals surface area contributed by atoms with Gasteiger partial charge in [0.15, 0.2) is 11.6 Å². The molecule has 33 heavy (non-hydrogen) atoms. The molecule has 0 saturated carbocycles. The van der Waals surface area contributed by atoms with Crippen molar-refractivity contribution in [1.29, 1.82) is 0 Å². The number of Topliss-reactive ketones (excluding diaryl/α,β-unsaturated/α-hetero) is 1. The number of pyridine rings is 2. The zero-order chi connectivity index (χ0) is 23.2. The summed E-state index contributed by atoms with van der Waals surface area (Å²) in [4.78, 5) is 21.2. The predicted molar refractivity (Wildman–Crippen MR) is 127 cm³/mol. The van der Waals surface area contributed by atoms with Crippen LogP contribution in [0.3, 0.4) is 0 Å². The van der Waals surface area contributed by atoms with Crippen molar-refractivity contribution in [2.75, 3.05) is 20.3 Å². The van der Waals surface area contributed by atoms with Gasteiger partial charge in [-0.05, 0) is 42.3 Å². The van der Waals surface area contributed by atoms with E-state index in [2.05, 4.69) is 15.3 Å². The Morgan fingerprint density at radius 1 is 1.09 bits per heavy atom. The number of nitrogens with one attached hydrogen (secondary N) is 1. The summed E-state index contributed by atoms with van der Waals surface area (Å²) in [6.07, 6.45) is 3.68. The second-order valence-electron chi connectivity index (χ2n) is 7.60. The summed E-state index contributed by atoms with van der Waals surface area (Å²) in [5.41, 5.74) is 3.30. The van der Waals surface area contributed by atoms with Crippen molar-refractivity contribution in [3.63, 3.8) is 0 Å². The van der Waals surface area contributed by atoms with Crippen LogP contribution in [0.4, 0.5) is 4.39 Å². The molecule has 0 radical (unpaired) electrons. The Morgan fingerprint density at radius 2 is 1.94 bits per heavy atom. The molecule has 0 bridgehead atoms. The third-order valence-electron chi connectivity index (χ3n) is 4.93. The molecule has 0 aliphatic carbocycles. The average Bonchev–Trinajstić information content (AvgIpc) is 3.24. The number of aromatic nitrogens is 2. The van der Waals surface area contributed by atoms with Crippen LogP contribution in [-0.2, 0) is 22.5 Å².